The van der Waals surface area contributed by atoms with Crippen LogP contribution in [0.1, 0.15) is 5.69 Å². The maximum atomic E-state index is 12.8. The molecule has 0 atom stereocenters. The summed E-state index contributed by atoms with van der Waals surface area (Å²) >= 11 is 6.12. The molecule has 2 heterocycles. The third-order valence-corrected chi connectivity index (χ3v) is 6.21. The zero-order chi connectivity index (χ0) is 19.3. The van der Waals surface area contributed by atoms with Crippen molar-refractivity contribution in [1.82, 2.24) is 9.29 Å². The van der Waals surface area contributed by atoms with Crippen LogP contribution in [0.25, 0.3) is 0 Å². The zero-order valence-corrected chi connectivity index (χ0v) is 15.7. The third kappa shape index (κ3) is 4.43. The highest BCUT2D eigenvalue weighted by Crippen LogP contribution is 2.28. The quantitative estimate of drug-likeness (QED) is 0.602. The Balaban J connectivity index is 1.87. The van der Waals surface area contributed by atoms with Crippen LogP contribution in [0.3, 0.4) is 0 Å². The first-order valence-electron chi connectivity index (χ1n) is 8.05. The molecule has 0 radical (unpaired) electrons. The number of hydrogen-bond donors (Lipinski definition) is 1. The van der Waals surface area contributed by atoms with Gasteiger partial charge in [0.15, 0.2) is 5.71 Å². The van der Waals surface area contributed by atoms with Gasteiger partial charge in [-0.25, -0.2) is 8.42 Å². The normalized spacial score (nSPS) is 15.9. The van der Waals surface area contributed by atoms with Gasteiger partial charge in [0.25, 0.3) is 0 Å². The van der Waals surface area contributed by atoms with Crippen molar-refractivity contribution in [1.29, 1.82) is 5.26 Å². The molecule has 1 aromatic heterocycles. The lowest BCUT2D eigenvalue weighted by Gasteiger charge is -2.26. The molecule has 0 aliphatic carbocycles. The summed E-state index contributed by atoms with van der Waals surface area (Å²) in [7, 11) is -3.76. The van der Waals surface area contributed by atoms with Gasteiger partial charge in [0, 0.05) is 19.3 Å². The van der Waals surface area contributed by atoms with Crippen LogP contribution in [0.2, 0.25) is 5.02 Å². The van der Waals surface area contributed by atoms with E-state index in [2.05, 4.69) is 15.5 Å². The van der Waals surface area contributed by atoms with Crippen LogP contribution in [-0.4, -0.2) is 49.7 Å². The van der Waals surface area contributed by atoms with Gasteiger partial charge in [-0.05, 0) is 30.3 Å². The number of aromatic nitrogens is 1. The van der Waals surface area contributed by atoms with Crippen molar-refractivity contribution in [3.05, 3.63) is 53.3 Å². The van der Waals surface area contributed by atoms with Gasteiger partial charge in [-0.2, -0.15) is 14.7 Å². The molecule has 0 bridgehead atoms. The summed E-state index contributed by atoms with van der Waals surface area (Å²) in [6.45, 7) is 1.23. The number of sulfonamides is 1. The predicted molar refractivity (Wildman–Crippen MR) is 101 cm³/mol. The number of morpholine rings is 1. The lowest BCUT2D eigenvalue weighted by molar-refractivity contribution is 0.0730. The van der Waals surface area contributed by atoms with Gasteiger partial charge in [0.2, 0.25) is 10.0 Å². The Morgan fingerprint density at radius 1 is 1.30 bits per heavy atom. The summed E-state index contributed by atoms with van der Waals surface area (Å²) in [6, 6.07) is 11.5. The number of hydrogen-bond acceptors (Lipinski definition) is 7. The Labute approximate surface area is 162 Å². The summed E-state index contributed by atoms with van der Waals surface area (Å²) in [4.78, 5) is 4.04. The van der Waals surface area contributed by atoms with E-state index in [4.69, 9.17) is 16.3 Å². The summed E-state index contributed by atoms with van der Waals surface area (Å²) in [6.07, 6.45) is 1.55. The number of nitrogens with one attached hydrogen (secondary N) is 1. The summed E-state index contributed by atoms with van der Waals surface area (Å²) in [5.74, 6) is 0. The number of anilines is 1. The van der Waals surface area contributed by atoms with Crippen LogP contribution >= 0.6 is 11.6 Å². The second kappa shape index (κ2) is 8.45. The fourth-order valence-corrected chi connectivity index (χ4v) is 4.37. The average molecular weight is 406 g/mol. The fourth-order valence-electron chi connectivity index (χ4n) is 2.46. The first kappa shape index (κ1) is 19.3. The van der Waals surface area contributed by atoms with E-state index < -0.39 is 10.0 Å². The molecule has 1 N–H and O–H groups in total. The molecule has 1 saturated heterocycles. The minimum atomic E-state index is -3.76. The Morgan fingerprint density at radius 2 is 2.07 bits per heavy atom. The number of benzene rings is 1. The maximum Gasteiger partial charge on any atom is 0.244 e. The van der Waals surface area contributed by atoms with E-state index in [0.29, 0.717) is 24.6 Å². The van der Waals surface area contributed by atoms with E-state index in [1.165, 1.54) is 16.4 Å². The third-order valence-electron chi connectivity index (χ3n) is 3.83. The SMILES string of the molecule is N#CC(=NNc1ccc(Cl)c(S(=O)(=O)N2CCOCC2)c1)c1ccccn1. The van der Waals surface area contributed by atoms with Crippen molar-refractivity contribution in [3.63, 3.8) is 0 Å². The molecular formula is C17H16ClN5O3S. The summed E-state index contributed by atoms with van der Waals surface area (Å²) in [5, 5.41) is 13.4. The van der Waals surface area contributed by atoms with Gasteiger partial charge in [-0.1, -0.05) is 17.7 Å². The first-order valence-corrected chi connectivity index (χ1v) is 9.87. The predicted octanol–water partition coefficient (Wildman–Crippen LogP) is 2.10. The molecule has 0 saturated carbocycles. The molecule has 0 spiro atoms. The number of hydrazone groups is 1. The molecule has 27 heavy (non-hydrogen) atoms. The Kier molecular flexibility index (Phi) is 6.03. The second-order valence-electron chi connectivity index (χ2n) is 5.56. The molecule has 3 rings (SSSR count). The van der Waals surface area contributed by atoms with Gasteiger partial charge < -0.3 is 4.74 Å². The van der Waals surface area contributed by atoms with Crippen LogP contribution in [0, 0.1) is 11.3 Å². The van der Waals surface area contributed by atoms with Crippen molar-refractivity contribution in [2.24, 2.45) is 5.10 Å². The molecule has 2 aromatic rings. The molecule has 1 aliphatic rings. The Hall–Kier alpha value is -2.51. The van der Waals surface area contributed by atoms with Crippen LogP contribution in [-0.2, 0) is 14.8 Å². The highest BCUT2D eigenvalue weighted by molar-refractivity contribution is 7.89. The number of ether oxygens (including phenoxy) is 1. The van der Waals surface area contributed by atoms with Gasteiger partial charge in [0.1, 0.15) is 16.7 Å². The minimum Gasteiger partial charge on any atom is -0.379 e. The lowest BCUT2D eigenvalue weighted by atomic mass is 10.2. The van der Waals surface area contributed by atoms with Crippen molar-refractivity contribution < 1.29 is 13.2 Å². The van der Waals surface area contributed by atoms with Crippen LogP contribution in [0.15, 0.2) is 52.6 Å². The van der Waals surface area contributed by atoms with E-state index in [-0.39, 0.29) is 28.7 Å². The summed E-state index contributed by atoms with van der Waals surface area (Å²) in [5.41, 5.74) is 3.56. The first-order chi connectivity index (χ1) is 13.0. The Bertz CT molecular complexity index is 983. The topological polar surface area (TPSA) is 108 Å². The molecule has 140 valence electrons. The number of nitriles is 1. The van der Waals surface area contributed by atoms with Gasteiger partial charge in [-0.15, -0.1) is 0 Å². The van der Waals surface area contributed by atoms with Crippen molar-refractivity contribution in [2.45, 2.75) is 4.90 Å². The van der Waals surface area contributed by atoms with E-state index in [1.807, 2.05) is 6.07 Å². The molecule has 1 aliphatic heterocycles. The van der Waals surface area contributed by atoms with Crippen LogP contribution in [0.4, 0.5) is 5.69 Å². The van der Waals surface area contributed by atoms with Crippen molar-refractivity contribution >= 4 is 33.0 Å². The largest absolute Gasteiger partial charge is 0.379 e. The number of nitrogens with zero attached hydrogens (tertiary/aromatic N) is 4. The second-order valence-corrected chi connectivity index (χ2v) is 7.87. The maximum absolute atomic E-state index is 12.8. The monoisotopic (exact) mass is 405 g/mol. The number of pyridine rings is 1. The summed E-state index contributed by atoms with van der Waals surface area (Å²) < 4.78 is 32.2. The van der Waals surface area contributed by atoms with Crippen molar-refractivity contribution in [2.75, 3.05) is 31.7 Å². The van der Waals surface area contributed by atoms with E-state index in [0.717, 1.165) is 0 Å². The molecule has 1 fully saturated rings. The average Bonchev–Trinajstić information content (AvgIpc) is 2.71. The zero-order valence-electron chi connectivity index (χ0n) is 14.2. The molecular weight excluding hydrogens is 390 g/mol. The van der Waals surface area contributed by atoms with Crippen LogP contribution < -0.4 is 5.43 Å². The fraction of sp³-hybridized carbons (Fsp3) is 0.235. The molecule has 10 heteroatoms. The molecule has 0 amide bonds. The Morgan fingerprint density at radius 3 is 2.74 bits per heavy atom. The van der Waals surface area contributed by atoms with E-state index in [9.17, 15) is 13.7 Å². The molecule has 0 unspecified atom stereocenters. The number of halogens is 1. The molecule has 1 aromatic carbocycles. The van der Waals surface area contributed by atoms with Crippen LogP contribution in [0.5, 0.6) is 0 Å². The number of rotatable bonds is 5. The lowest BCUT2D eigenvalue weighted by Crippen LogP contribution is -2.40. The highest BCUT2D eigenvalue weighted by Gasteiger charge is 2.28. The van der Waals surface area contributed by atoms with Crippen molar-refractivity contribution in [3.8, 4) is 6.07 Å². The van der Waals surface area contributed by atoms with Gasteiger partial charge in [0.05, 0.1) is 23.9 Å². The minimum absolute atomic E-state index is 0.0254. The van der Waals surface area contributed by atoms with Gasteiger partial charge >= 0.3 is 0 Å². The highest BCUT2D eigenvalue weighted by atomic mass is 35.5. The molecule has 8 nitrogen and oxygen atoms in total. The smallest absolute Gasteiger partial charge is 0.244 e. The van der Waals surface area contributed by atoms with Gasteiger partial charge in [-0.3, -0.25) is 10.4 Å². The van der Waals surface area contributed by atoms with E-state index in [1.54, 1.807) is 30.5 Å². The standard InChI is InChI=1S/C17H16ClN5O3S/c18-14-5-4-13(21-22-16(12-19)15-3-1-2-6-20-15)11-17(14)27(24,25)23-7-9-26-10-8-23/h1-6,11,21H,7-10H2. The van der Waals surface area contributed by atoms with E-state index >= 15 is 0 Å².